The summed E-state index contributed by atoms with van der Waals surface area (Å²) in [5.74, 6) is 0.0260. The van der Waals surface area contributed by atoms with Crippen molar-refractivity contribution in [3.05, 3.63) is 65.3 Å². The van der Waals surface area contributed by atoms with E-state index in [0.29, 0.717) is 19.5 Å². The number of carbonyl (C=O) groups excluding carboxylic acids is 1. The fraction of sp³-hybridized carbons (Fsp3) is 0.200. The van der Waals surface area contributed by atoms with Gasteiger partial charge in [0.2, 0.25) is 5.91 Å². The zero-order valence-corrected chi connectivity index (χ0v) is 15.3. The molecule has 0 aliphatic heterocycles. The topological polar surface area (TPSA) is 62.7 Å². The number of nitrogens with one attached hydrogen (secondary N) is 2. The first-order valence-corrected chi connectivity index (χ1v) is 9.49. The Balaban J connectivity index is 1.34. The molecular weight excluding hydrogens is 344 g/mol. The normalized spacial score (nSPS) is 11.1. The molecule has 3 heterocycles. The SMILES string of the molecule is Cc1cc(-c2cccs2)nn1CCNC(=O)Cc1c[nH]c2ccccc12. The van der Waals surface area contributed by atoms with Gasteiger partial charge in [0.1, 0.15) is 5.69 Å². The molecule has 5 nitrogen and oxygen atoms in total. The van der Waals surface area contributed by atoms with Gasteiger partial charge in [-0.05, 0) is 36.1 Å². The van der Waals surface area contributed by atoms with Crippen LogP contribution >= 0.6 is 11.3 Å². The van der Waals surface area contributed by atoms with Crippen LogP contribution in [-0.4, -0.2) is 27.2 Å². The van der Waals surface area contributed by atoms with Crippen molar-refractivity contribution in [2.45, 2.75) is 19.9 Å². The average Bonchev–Trinajstić information content (AvgIpc) is 3.36. The second-order valence-corrected chi connectivity index (χ2v) is 7.21. The van der Waals surface area contributed by atoms with E-state index in [2.05, 4.69) is 32.9 Å². The molecule has 3 aromatic heterocycles. The molecule has 2 N–H and O–H groups in total. The summed E-state index contributed by atoms with van der Waals surface area (Å²) in [6.07, 6.45) is 2.29. The molecule has 132 valence electrons. The first-order valence-electron chi connectivity index (χ1n) is 8.61. The second-order valence-electron chi connectivity index (χ2n) is 6.26. The predicted molar refractivity (Wildman–Crippen MR) is 105 cm³/mol. The Kier molecular flexibility index (Phi) is 4.58. The molecule has 0 aliphatic carbocycles. The molecule has 0 unspecified atom stereocenters. The Morgan fingerprint density at radius 1 is 1.27 bits per heavy atom. The van der Waals surface area contributed by atoms with Gasteiger partial charge >= 0.3 is 0 Å². The zero-order valence-electron chi connectivity index (χ0n) is 14.5. The highest BCUT2D eigenvalue weighted by atomic mass is 32.1. The van der Waals surface area contributed by atoms with Crippen molar-refractivity contribution in [2.24, 2.45) is 0 Å². The molecule has 0 saturated heterocycles. The van der Waals surface area contributed by atoms with Gasteiger partial charge in [-0.25, -0.2) is 0 Å². The van der Waals surface area contributed by atoms with E-state index in [1.165, 1.54) is 0 Å². The molecule has 1 amide bonds. The quantitative estimate of drug-likeness (QED) is 0.547. The first-order chi connectivity index (χ1) is 12.7. The van der Waals surface area contributed by atoms with Crippen molar-refractivity contribution in [1.82, 2.24) is 20.1 Å². The van der Waals surface area contributed by atoms with Gasteiger partial charge in [0, 0.05) is 29.3 Å². The lowest BCUT2D eigenvalue weighted by Crippen LogP contribution is -2.29. The summed E-state index contributed by atoms with van der Waals surface area (Å²) < 4.78 is 1.95. The van der Waals surface area contributed by atoms with Crippen LogP contribution in [0.25, 0.3) is 21.5 Å². The summed E-state index contributed by atoms with van der Waals surface area (Å²) >= 11 is 1.68. The van der Waals surface area contributed by atoms with Crippen molar-refractivity contribution in [2.75, 3.05) is 6.54 Å². The first kappa shape index (κ1) is 16.6. The van der Waals surface area contributed by atoms with Crippen LogP contribution in [0, 0.1) is 6.92 Å². The Labute approximate surface area is 155 Å². The van der Waals surface area contributed by atoms with Gasteiger partial charge in [0.15, 0.2) is 0 Å². The van der Waals surface area contributed by atoms with Crippen molar-refractivity contribution in [3.63, 3.8) is 0 Å². The van der Waals surface area contributed by atoms with Crippen molar-refractivity contribution >= 4 is 28.1 Å². The van der Waals surface area contributed by atoms with E-state index in [0.717, 1.165) is 32.7 Å². The molecule has 1 aromatic carbocycles. The molecule has 6 heteroatoms. The van der Waals surface area contributed by atoms with Crippen LogP contribution in [0.15, 0.2) is 54.0 Å². The molecule has 0 aliphatic rings. The minimum absolute atomic E-state index is 0.0260. The third-order valence-electron chi connectivity index (χ3n) is 4.43. The van der Waals surface area contributed by atoms with Gasteiger partial charge in [-0.15, -0.1) is 11.3 Å². The average molecular weight is 364 g/mol. The fourth-order valence-corrected chi connectivity index (χ4v) is 3.78. The van der Waals surface area contributed by atoms with Crippen molar-refractivity contribution in [3.8, 4) is 10.6 Å². The maximum atomic E-state index is 12.3. The number of hydrogen-bond donors (Lipinski definition) is 2. The van der Waals surface area contributed by atoms with Crippen LogP contribution in [0.3, 0.4) is 0 Å². The molecule has 26 heavy (non-hydrogen) atoms. The summed E-state index contributed by atoms with van der Waals surface area (Å²) in [7, 11) is 0. The monoisotopic (exact) mass is 364 g/mol. The van der Waals surface area contributed by atoms with Gasteiger partial charge in [-0.3, -0.25) is 9.48 Å². The third kappa shape index (κ3) is 3.41. The fourth-order valence-electron chi connectivity index (χ4n) is 3.10. The van der Waals surface area contributed by atoms with Crippen LogP contribution < -0.4 is 5.32 Å². The maximum absolute atomic E-state index is 12.3. The maximum Gasteiger partial charge on any atom is 0.224 e. The van der Waals surface area contributed by atoms with E-state index >= 15 is 0 Å². The molecule has 0 spiro atoms. The van der Waals surface area contributed by atoms with E-state index in [1.54, 1.807) is 11.3 Å². The summed E-state index contributed by atoms with van der Waals surface area (Å²) in [5.41, 5.74) is 4.17. The van der Waals surface area contributed by atoms with E-state index in [4.69, 9.17) is 0 Å². The minimum Gasteiger partial charge on any atom is -0.361 e. The largest absolute Gasteiger partial charge is 0.361 e. The van der Waals surface area contributed by atoms with E-state index in [-0.39, 0.29) is 5.91 Å². The number of H-pyrrole nitrogens is 1. The van der Waals surface area contributed by atoms with Gasteiger partial charge in [0.25, 0.3) is 0 Å². The predicted octanol–water partition coefficient (Wildman–Crippen LogP) is 3.76. The van der Waals surface area contributed by atoms with Crippen molar-refractivity contribution in [1.29, 1.82) is 0 Å². The smallest absolute Gasteiger partial charge is 0.224 e. The summed E-state index contributed by atoms with van der Waals surface area (Å²) in [5, 5.41) is 10.8. The lowest BCUT2D eigenvalue weighted by Gasteiger charge is -2.07. The van der Waals surface area contributed by atoms with Crippen LogP contribution in [-0.2, 0) is 17.8 Å². The van der Waals surface area contributed by atoms with Gasteiger partial charge in [-0.2, -0.15) is 5.10 Å². The van der Waals surface area contributed by atoms with Gasteiger partial charge in [-0.1, -0.05) is 24.3 Å². The zero-order chi connectivity index (χ0) is 17.9. The Bertz CT molecular complexity index is 1030. The Morgan fingerprint density at radius 3 is 3.00 bits per heavy atom. The lowest BCUT2D eigenvalue weighted by molar-refractivity contribution is -0.120. The van der Waals surface area contributed by atoms with Crippen LogP contribution in [0.1, 0.15) is 11.3 Å². The molecule has 0 atom stereocenters. The van der Waals surface area contributed by atoms with Crippen molar-refractivity contribution < 1.29 is 4.79 Å². The van der Waals surface area contributed by atoms with Crippen LogP contribution in [0.5, 0.6) is 0 Å². The van der Waals surface area contributed by atoms with E-state index in [9.17, 15) is 4.79 Å². The van der Waals surface area contributed by atoms with E-state index in [1.807, 2.05) is 48.1 Å². The van der Waals surface area contributed by atoms with E-state index < -0.39 is 0 Å². The number of rotatable bonds is 6. The Morgan fingerprint density at radius 2 is 2.15 bits per heavy atom. The third-order valence-corrected chi connectivity index (χ3v) is 5.32. The molecule has 0 radical (unpaired) electrons. The molecule has 0 fully saturated rings. The number of para-hydroxylation sites is 1. The highest BCUT2D eigenvalue weighted by Gasteiger charge is 2.10. The summed E-state index contributed by atoms with van der Waals surface area (Å²) in [6.45, 7) is 3.27. The molecule has 4 aromatic rings. The lowest BCUT2D eigenvalue weighted by atomic mass is 10.1. The number of aromatic nitrogens is 3. The number of nitrogens with zero attached hydrogens (tertiary/aromatic N) is 2. The van der Waals surface area contributed by atoms with Crippen LogP contribution in [0.4, 0.5) is 0 Å². The number of aryl methyl sites for hydroxylation is 1. The summed E-state index contributed by atoms with van der Waals surface area (Å²) in [4.78, 5) is 16.6. The number of fused-ring (bicyclic) bond motifs is 1. The van der Waals surface area contributed by atoms with Gasteiger partial charge in [0.05, 0.1) is 17.8 Å². The highest BCUT2D eigenvalue weighted by molar-refractivity contribution is 7.13. The molecule has 0 saturated carbocycles. The highest BCUT2D eigenvalue weighted by Crippen LogP contribution is 2.23. The summed E-state index contributed by atoms with van der Waals surface area (Å²) in [6, 6.07) is 14.2. The molecular formula is C20H20N4OS. The number of thiophene rings is 1. The number of aromatic amines is 1. The number of amides is 1. The van der Waals surface area contributed by atoms with Crippen LogP contribution in [0.2, 0.25) is 0 Å². The molecule has 0 bridgehead atoms. The number of benzene rings is 1. The second kappa shape index (κ2) is 7.17. The van der Waals surface area contributed by atoms with Gasteiger partial charge < -0.3 is 10.3 Å². The Hall–Kier alpha value is -2.86. The molecule has 4 rings (SSSR count). The number of hydrogen-bond acceptors (Lipinski definition) is 3. The number of carbonyl (C=O) groups is 1. The minimum atomic E-state index is 0.0260. The standard InChI is InChI=1S/C20H20N4OS/c1-14-11-18(19-7-4-10-26-19)23-24(14)9-8-21-20(25)12-15-13-22-17-6-3-2-5-16(15)17/h2-7,10-11,13,22H,8-9,12H2,1H3,(H,21,25).